The van der Waals surface area contributed by atoms with Crippen molar-refractivity contribution in [2.45, 2.75) is 81.1 Å². The standard InChI is InChI=1S/C8H16.C4H8.C3H8.C2H6/c1-4-6-8(3)7-5-2;1-3-4-2;1-3-2;1-2/h4,6,8H,5,7H2,1-3H3;3H,1,4H2,2H3;3H2,1-2H3;1-2H3. The summed E-state index contributed by atoms with van der Waals surface area (Å²) in [6.07, 6.45) is 11.2. The average molecular weight is 242 g/mol. The second kappa shape index (κ2) is 36.1. The maximum absolute atomic E-state index is 3.48. The zero-order valence-corrected chi connectivity index (χ0v) is 13.8. The third-order valence-electron chi connectivity index (χ3n) is 1.55. The highest BCUT2D eigenvalue weighted by Gasteiger charge is 1.90. The minimum atomic E-state index is 0.782. The molecule has 0 aromatic rings. The van der Waals surface area contributed by atoms with E-state index in [2.05, 4.69) is 60.3 Å². The van der Waals surface area contributed by atoms with E-state index in [1.165, 1.54) is 19.3 Å². The molecule has 0 radical (unpaired) electrons. The molecule has 0 bridgehead atoms. The van der Waals surface area contributed by atoms with Crippen molar-refractivity contribution in [2.24, 2.45) is 5.92 Å². The maximum atomic E-state index is 3.48. The van der Waals surface area contributed by atoms with Crippen molar-refractivity contribution < 1.29 is 0 Å². The monoisotopic (exact) mass is 242 g/mol. The van der Waals surface area contributed by atoms with E-state index < -0.39 is 0 Å². The zero-order valence-electron chi connectivity index (χ0n) is 13.8. The van der Waals surface area contributed by atoms with E-state index in [9.17, 15) is 0 Å². The van der Waals surface area contributed by atoms with E-state index in [1.807, 2.05) is 19.9 Å². The minimum absolute atomic E-state index is 0.782. The summed E-state index contributed by atoms with van der Waals surface area (Å²) in [6.45, 7) is 20.3. The van der Waals surface area contributed by atoms with Gasteiger partial charge in [-0.05, 0) is 25.7 Å². The van der Waals surface area contributed by atoms with Gasteiger partial charge < -0.3 is 0 Å². The van der Waals surface area contributed by atoms with E-state index >= 15 is 0 Å². The molecule has 0 heteroatoms. The van der Waals surface area contributed by atoms with Crippen molar-refractivity contribution in [3.05, 3.63) is 24.8 Å². The fraction of sp³-hybridized carbons (Fsp3) is 0.765. The summed E-state index contributed by atoms with van der Waals surface area (Å²) in [5.74, 6) is 0.782. The Morgan fingerprint density at radius 1 is 1.06 bits per heavy atom. The summed E-state index contributed by atoms with van der Waals surface area (Å²) < 4.78 is 0. The Morgan fingerprint density at radius 3 is 1.59 bits per heavy atom. The zero-order chi connectivity index (χ0) is 14.5. The van der Waals surface area contributed by atoms with Gasteiger partial charge in [-0.3, -0.25) is 0 Å². The molecule has 0 saturated heterocycles. The van der Waals surface area contributed by atoms with Gasteiger partial charge in [-0.25, -0.2) is 0 Å². The molecule has 0 aliphatic rings. The number of hydrogen-bond acceptors (Lipinski definition) is 0. The van der Waals surface area contributed by atoms with Gasteiger partial charge in [-0.15, -0.1) is 6.58 Å². The second-order valence-electron chi connectivity index (χ2n) is 3.70. The molecule has 0 heterocycles. The van der Waals surface area contributed by atoms with Crippen LogP contribution >= 0.6 is 0 Å². The maximum Gasteiger partial charge on any atom is -0.0262 e. The molecule has 0 aromatic carbocycles. The average Bonchev–Trinajstić information content (AvgIpc) is 2.34. The molecule has 0 aliphatic heterocycles. The summed E-state index contributed by atoms with van der Waals surface area (Å²) in [5, 5.41) is 0. The molecule has 0 fully saturated rings. The van der Waals surface area contributed by atoms with E-state index in [4.69, 9.17) is 0 Å². The lowest BCUT2D eigenvalue weighted by Crippen LogP contribution is -1.85. The summed E-state index contributed by atoms with van der Waals surface area (Å²) in [5.41, 5.74) is 0. The van der Waals surface area contributed by atoms with Crippen LogP contribution in [0.2, 0.25) is 0 Å². The van der Waals surface area contributed by atoms with Crippen LogP contribution in [0.1, 0.15) is 81.1 Å². The fourth-order valence-electron chi connectivity index (χ4n) is 0.880. The molecule has 1 atom stereocenters. The molecule has 0 nitrogen and oxygen atoms in total. The van der Waals surface area contributed by atoms with Gasteiger partial charge in [0.1, 0.15) is 0 Å². The van der Waals surface area contributed by atoms with Crippen molar-refractivity contribution in [1.82, 2.24) is 0 Å². The molecule has 0 spiro atoms. The highest BCUT2D eigenvalue weighted by Crippen LogP contribution is 2.05. The van der Waals surface area contributed by atoms with Gasteiger partial charge in [-0.2, -0.15) is 0 Å². The van der Waals surface area contributed by atoms with Crippen molar-refractivity contribution in [3.8, 4) is 0 Å². The molecule has 17 heavy (non-hydrogen) atoms. The summed E-state index contributed by atoms with van der Waals surface area (Å²) in [4.78, 5) is 0. The molecule has 0 aliphatic carbocycles. The van der Waals surface area contributed by atoms with Crippen molar-refractivity contribution in [2.75, 3.05) is 0 Å². The molecule has 106 valence electrons. The van der Waals surface area contributed by atoms with Crippen LogP contribution in [0, 0.1) is 5.92 Å². The van der Waals surface area contributed by atoms with Gasteiger partial charge in [0, 0.05) is 0 Å². The summed E-state index contributed by atoms with van der Waals surface area (Å²) in [7, 11) is 0. The number of allylic oxidation sites excluding steroid dienone is 3. The van der Waals surface area contributed by atoms with Crippen LogP contribution in [0.15, 0.2) is 24.8 Å². The van der Waals surface area contributed by atoms with Crippen LogP contribution in [0.25, 0.3) is 0 Å². The first-order chi connectivity index (χ1) is 8.14. The molecule has 0 amide bonds. The van der Waals surface area contributed by atoms with Crippen LogP contribution in [0.4, 0.5) is 0 Å². The van der Waals surface area contributed by atoms with Gasteiger partial charge in [0.05, 0.1) is 0 Å². The third kappa shape index (κ3) is 67.0. The van der Waals surface area contributed by atoms with E-state index in [0.717, 1.165) is 12.3 Å². The lowest BCUT2D eigenvalue weighted by atomic mass is 10.1. The molecule has 0 N–H and O–H groups in total. The Balaban J connectivity index is -0.0000000792. The predicted octanol–water partition coefficient (Wildman–Crippen LogP) is 7.02. The van der Waals surface area contributed by atoms with Crippen molar-refractivity contribution >= 4 is 0 Å². The van der Waals surface area contributed by atoms with Gasteiger partial charge in [0.15, 0.2) is 0 Å². The summed E-state index contributed by atoms with van der Waals surface area (Å²) in [6, 6.07) is 0. The van der Waals surface area contributed by atoms with Gasteiger partial charge in [0.2, 0.25) is 0 Å². The van der Waals surface area contributed by atoms with Gasteiger partial charge in [-0.1, -0.05) is 79.5 Å². The van der Waals surface area contributed by atoms with Crippen LogP contribution in [-0.4, -0.2) is 0 Å². The molecule has 0 rings (SSSR count). The Hall–Kier alpha value is -0.520. The largest absolute Gasteiger partial charge is 0.103 e. The third-order valence-corrected chi connectivity index (χ3v) is 1.55. The lowest BCUT2D eigenvalue weighted by Gasteiger charge is -1.99. The highest BCUT2D eigenvalue weighted by atomic mass is 14.0. The smallest absolute Gasteiger partial charge is 0.0262 e. The summed E-state index contributed by atoms with van der Waals surface area (Å²) >= 11 is 0. The Labute approximate surface area is 112 Å². The minimum Gasteiger partial charge on any atom is -0.103 e. The topological polar surface area (TPSA) is 0 Å². The molecule has 0 aromatic heterocycles. The first-order valence-electron chi connectivity index (χ1n) is 7.37. The number of hydrogen-bond donors (Lipinski definition) is 0. The van der Waals surface area contributed by atoms with Crippen molar-refractivity contribution in [1.29, 1.82) is 0 Å². The van der Waals surface area contributed by atoms with Gasteiger partial charge >= 0.3 is 0 Å². The molecular formula is C17H38. The van der Waals surface area contributed by atoms with E-state index in [0.29, 0.717) is 0 Å². The van der Waals surface area contributed by atoms with Crippen LogP contribution < -0.4 is 0 Å². The second-order valence-corrected chi connectivity index (χ2v) is 3.70. The lowest BCUT2D eigenvalue weighted by molar-refractivity contribution is 0.633. The normalized spacial score (nSPS) is 9.88. The number of rotatable bonds is 4. The molecule has 1 unspecified atom stereocenters. The SMILES string of the molecule is C=CCC.CC.CC=CC(C)CCC.CCC. The highest BCUT2D eigenvalue weighted by molar-refractivity contribution is 4.82. The first kappa shape index (κ1) is 25.4. The molecule has 0 saturated carbocycles. The predicted molar refractivity (Wildman–Crippen MR) is 86.7 cm³/mol. The van der Waals surface area contributed by atoms with Crippen LogP contribution in [0.5, 0.6) is 0 Å². The molecular weight excluding hydrogens is 204 g/mol. The van der Waals surface area contributed by atoms with Crippen LogP contribution in [-0.2, 0) is 0 Å². The van der Waals surface area contributed by atoms with Gasteiger partial charge in [0.25, 0.3) is 0 Å². The van der Waals surface area contributed by atoms with E-state index in [-0.39, 0.29) is 0 Å². The Bertz CT molecular complexity index is 111. The quantitative estimate of drug-likeness (QED) is 0.464. The Morgan fingerprint density at radius 2 is 1.41 bits per heavy atom. The van der Waals surface area contributed by atoms with E-state index in [1.54, 1.807) is 0 Å². The fourth-order valence-corrected chi connectivity index (χ4v) is 0.880. The van der Waals surface area contributed by atoms with Crippen molar-refractivity contribution in [3.63, 3.8) is 0 Å². The first-order valence-corrected chi connectivity index (χ1v) is 7.37. The Kier molecular flexibility index (Phi) is 53.9. The van der Waals surface area contributed by atoms with Crippen LogP contribution in [0.3, 0.4) is 0 Å².